The predicted molar refractivity (Wildman–Crippen MR) is 87.3 cm³/mol. The standard InChI is InChI=1S/C16H20N4O4/c1-9(2)13(16(23)24-4)17-14(21)10(3)20-15(22)11-7-5-6-8-12(11)18-19-20/h5-10,13H,1-4H3,(H,17,21)/t10-,13+/m1/s1. The minimum absolute atomic E-state index is 0.159. The third kappa shape index (κ3) is 3.42. The van der Waals surface area contributed by atoms with E-state index in [0.717, 1.165) is 4.68 Å². The number of esters is 1. The number of nitrogens with zero attached hydrogens (tertiary/aromatic N) is 3. The molecule has 1 amide bonds. The summed E-state index contributed by atoms with van der Waals surface area (Å²) >= 11 is 0. The van der Waals surface area contributed by atoms with Gasteiger partial charge in [-0.15, -0.1) is 5.10 Å². The molecule has 0 radical (unpaired) electrons. The molecule has 2 rings (SSSR count). The Kier molecular flexibility index (Phi) is 5.28. The largest absolute Gasteiger partial charge is 0.467 e. The summed E-state index contributed by atoms with van der Waals surface area (Å²) in [5.41, 5.74) is 0.0448. The van der Waals surface area contributed by atoms with Gasteiger partial charge in [0.1, 0.15) is 17.6 Å². The van der Waals surface area contributed by atoms with E-state index in [1.54, 1.807) is 38.1 Å². The van der Waals surface area contributed by atoms with E-state index < -0.39 is 29.5 Å². The zero-order chi connectivity index (χ0) is 17.9. The van der Waals surface area contributed by atoms with E-state index in [2.05, 4.69) is 15.6 Å². The van der Waals surface area contributed by atoms with E-state index in [4.69, 9.17) is 4.74 Å². The van der Waals surface area contributed by atoms with Crippen LogP contribution in [0.15, 0.2) is 29.1 Å². The van der Waals surface area contributed by atoms with Gasteiger partial charge in [-0.25, -0.2) is 4.79 Å². The summed E-state index contributed by atoms with van der Waals surface area (Å²) in [6.07, 6.45) is 0. The number of carbonyl (C=O) groups is 2. The summed E-state index contributed by atoms with van der Waals surface area (Å²) in [5.74, 6) is -1.21. The van der Waals surface area contributed by atoms with Gasteiger partial charge in [0.05, 0.1) is 12.5 Å². The van der Waals surface area contributed by atoms with Crippen molar-refractivity contribution in [2.45, 2.75) is 32.9 Å². The number of methoxy groups -OCH3 is 1. The van der Waals surface area contributed by atoms with Gasteiger partial charge in [0, 0.05) is 0 Å². The Morgan fingerprint density at radius 2 is 1.88 bits per heavy atom. The van der Waals surface area contributed by atoms with Gasteiger partial charge < -0.3 is 10.1 Å². The molecule has 8 heteroatoms. The van der Waals surface area contributed by atoms with Crippen molar-refractivity contribution in [3.63, 3.8) is 0 Å². The number of amides is 1. The van der Waals surface area contributed by atoms with Crippen LogP contribution in [0.2, 0.25) is 0 Å². The fourth-order valence-electron chi connectivity index (χ4n) is 2.27. The van der Waals surface area contributed by atoms with E-state index >= 15 is 0 Å². The monoisotopic (exact) mass is 332 g/mol. The molecule has 0 bridgehead atoms. The quantitative estimate of drug-likeness (QED) is 0.807. The van der Waals surface area contributed by atoms with Crippen LogP contribution in [0.5, 0.6) is 0 Å². The Bertz CT molecular complexity index is 815. The molecule has 0 saturated heterocycles. The molecule has 8 nitrogen and oxygen atoms in total. The fraction of sp³-hybridized carbons (Fsp3) is 0.438. The van der Waals surface area contributed by atoms with Crippen LogP contribution >= 0.6 is 0 Å². The van der Waals surface area contributed by atoms with Crippen molar-refractivity contribution in [3.05, 3.63) is 34.6 Å². The average molecular weight is 332 g/mol. The molecule has 0 spiro atoms. The lowest BCUT2D eigenvalue weighted by molar-refractivity contribution is -0.146. The summed E-state index contributed by atoms with van der Waals surface area (Å²) in [5, 5.41) is 10.7. The molecular weight excluding hydrogens is 312 g/mol. The van der Waals surface area contributed by atoms with Crippen LogP contribution in [0.1, 0.15) is 26.8 Å². The molecule has 1 aromatic heterocycles. The summed E-state index contributed by atoms with van der Waals surface area (Å²) in [7, 11) is 1.26. The Labute approximate surface area is 138 Å². The van der Waals surface area contributed by atoms with Gasteiger partial charge >= 0.3 is 5.97 Å². The van der Waals surface area contributed by atoms with Crippen LogP contribution < -0.4 is 10.9 Å². The summed E-state index contributed by atoms with van der Waals surface area (Å²) in [6, 6.07) is 5.05. The molecular formula is C16H20N4O4. The Hall–Kier alpha value is -2.77. The second-order valence-corrected chi connectivity index (χ2v) is 5.79. The SMILES string of the molecule is COC(=O)[C@@H](NC(=O)[C@@H](C)n1nnc2ccccc2c1=O)C(C)C. The number of benzene rings is 1. The number of rotatable bonds is 5. The number of aromatic nitrogens is 3. The highest BCUT2D eigenvalue weighted by Gasteiger charge is 2.28. The Morgan fingerprint density at radius 1 is 1.21 bits per heavy atom. The first kappa shape index (κ1) is 17.6. The molecule has 0 aliphatic carbocycles. The van der Waals surface area contributed by atoms with E-state index in [-0.39, 0.29) is 5.92 Å². The van der Waals surface area contributed by atoms with Crippen molar-refractivity contribution in [2.24, 2.45) is 5.92 Å². The Morgan fingerprint density at radius 3 is 2.50 bits per heavy atom. The van der Waals surface area contributed by atoms with E-state index in [1.807, 2.05) is 0 Å². The second-order valence-electron chi connectivity index (χ2n) is 5.79. The first-order chi connectivity index (χ1) is 11.4. The number of ether oxygens (including phenoxy) is 1. The lowest BCUT2D eigenvalue weighted by Gasteiger charge is -2.22. The second kappa shape index (κ2) is 7.20. The average Bonchev–Trinajstić information content (AvgIpc) is 2.58. The molecule has 2 aromatic rings. The zero-order valence-corrected chi connectivity index (χ0v) is 14.0. The van der Waals surface area contributed by atoms with Crippen molar-refractivity contribution >= 4 is 22.8 Å². The lowest BCUT2D eigenvalue weighted by Crippen LogP contribution is -2.48. The van der Waals surface area contributed by atoms with Crippen molar-refractivity contribution in [1.29, 1.82) is 0 Å². The molecule has 1 heterocycles. The van der Waals surface area contributed by atoms with Crippen molar-refractivity contribution in [3.8, 4) is 0 Å². The number of fused-ring (bicyclic) bond motifs is 1. The van der Waals surface area contributed by atoms with Crippen LogP contribution in [-0.2, 0) is 14.3 Å². The molecule has 0 saturated carbocycles. The summed E-state index contributed by atoms with van der Waals surface area (Å²) in [6.45, 7) is 5.10. The third-order valence-corrected chi connectivity index (χ3v) is 3.76. The Balaban J connectivity index is 2.29. The first-order valence-electron chi connectivity index (χ1n) is 7.59. The van der Waals surface area contributed by atoms with E-state index in [0.29, 0.717) is 10.9 Å². The molecule has 2 atom stereocenters. The van der Waals surface area contributed by atoms with Crippen LogP contribution in [0.3, 0.4) is 0 Å². The highest BCUT2D eigenvalue weighted by Crippen LogP contribution is 2.09. The maximum Gasteiger partial charge on any atom is 0.328 e. The maximum absolute atomic E-state index is 12.5. The normalized spacial score (nSPS) is 13.5. The van der Waals surface area contributed by atoms with Crippen molar-refractivity contribution in [1.82, 2.24) is 20.3 Å². The van der Waals surface area contributed by atoms with Gasteiger partial charge in [-0.3, -0.25) is 9.59 Å². The van der Waals surface area contributed by atoms with Crippen LogP contribution in [0.4, 0.5) is 0 Å². The van der Waals surface area contributed by atoms with Crippen LogP contribution in [0.25, 0.3) is 10.9 Å². The van der Waals surface area contributed by atoms with Gasteiger partial charge in [-0.2, -0.15) is 4.68 Å². The van der Waals surface area contributed by atoms with Gasteiger partial charge in [0.2, 0.25) is 5.91 Å². The molecule has 0 aliphatic rings. The molecule has 0 aliphatic heterocycles. The first-order valence-corrected chi connectivity index (χ1v) is 7.59. The van der Waals surface area contributed by atoms with Gasteiger partial charge in [-0.1, -0.05) is 31.2 Å². The van der Waals surface area contributed by atoms with E-state index in [1.165, 1.54) is 14.0 Å². The minimum atomic E-state index is -0.916. The van der Waals surface area contributed by atoms with Crippen LogP contribution in [0, 0.1) is 5.92 Å². The smallest absolute Gasteiger partial charge is 0.328 e. The van der Waals surface area contributed by atoms with Gasteiger partial charge in [0.15, 0.2) is 0 Å². The molecule has 0 unspecified atom stereocenters. The molecule has 0 fully saturated rings. The van der Waals surface area contributed by atoms with Crippen molar-refractivity contribution < 1.29 is 14.3 Å². The van der Waals surface area contributed by atoms with Gasteiger partial charge in [-0.05, 0) is 25.0 Å². The highest BCUT2D eigenvalue weighted by molar-refractivity contribution is 5.86. The molecule has 1 N–H and O–H groups in total. The number of carbonyl (C=O) groups excluding carboxylic acids is 2. The highest BCUT2D eigenvalue weighted by atomic mass is 16.5. The molecule has 128 valence electrons. The topological polar surface area (TPSA) is 103 Å². The van der Waals surface area contributed by atoms with Crippen LogP contribution in [-0.4, -0.2) is 40.0 Å². The maximum atomic E-state index is 12.5. The lowest BCUT2D eigenvalue weighted by atomic mass is 10.0. The van der Waals surface area contributed by atoms with Crippen molar-refractivity contribution in [2.75, 3.05) is 7.11 Å². The molecule has 24 heavy (non-hydrogen) atoms. The zero-order valence-electron chi connectivity index (χ0n) is 14.0. The fourth-order valence-corrected chi connectivity index (χ4v) is 2.27. The minimum Gasteiger partial charge on any atom is -0.467 e. The predicted octanol–water partition coefficient (Wildman–Crippen LogP) is 0.666. The third-order valence-electron chi connectivity index (χ3n) is 3.76. The van der Waals surface area contributed by atoms with E-state index in [9.17, 15) is 14.4 Å². The summed E-state index contributed by atoms with van der Waals surface area (Å²) in [4.78, 5) is 36.6. The number of hydrogen-bond acceptors (Lipinski definition) is 6. The molecule has 1 aromatic carbocycles. The number of nitrogens with one attached hydrogen (secondary N) is 1. The summed E-state index contributed by atoms with van der Waals surface area (Å²) < 4.78 is 5.70. The van der Waals surface area contributed by atoms with Gasteiger partial charge in [0.25, 0.3) is 5.56 Å². The number of hydrogen-bond donors (Lipinski definition) is 1.